The first kappa shape index (κ1) is 19.6. The smallest absolute Gasteiger partial charge is 0.262 e. The Morgan fingerprint density at radius 2 is 1.93 bits per heavy atom. The summed E-state index contributed by atoms with van der Waals surface area (Å²) in [7, 11) is 3.27. The van der Waals surface area contributed by atoms with Crippen LogP contribution in [0.3, 0.4) is 0 Å². The highest BCUT2D eigenvalue weighted by Gasteiger charge is 2.33. The molecule has 1 aliphatic heterocycles. The summed E-state index contributed by atoms with van der Waals surface area (Å²) in [5.74, 6) is 0.478. The molecule has 6 heteroatoms. The number of benzene rings is 2. The zero-order valence-electron chi connectivity index (χ0n) is 16.5. The molecule has 0 saturated heterocycles. The molecule has 0 spiro atoms. The maximum Gasteiger partial charge on any atom is 0.262 e. The van der Waals surface area contributed by atoms with E-state index in [2.05, 4.69) is 5.10 Å². The molecule has 0 bridgehead atoms. The van der Waals surface area contributed by atoms with Gasteiger partial charge in [0, 0.05) is 25.5 Å². The molecule has 2 amide bonds. The molecule has 28 heavy (non-hydrogen) atoms. The third-order valence-corrected chi connectivity index (χ3v) is 4.85. The highest BCUT2D eigenvalue weighted by atomic mass is 16.5. The lowest BCUT2D eigenvalue weighted by Gasteiger charge is -2.24. The molecule has 146 valence electrons. The van der Waals surface area contributed by atoms with Crippen molar-refractivity contribution in [3.63, 3.8) is 0 Å². The summed E-state index contributed by atoms with van der Waals surface area (Å²) in [6.45, 7) is 1.79. The standard InChI is InChI=1S/C22H25N3O3/c1-4-21(26)24(2)15-22(27)25-20(16-9-6-5-7-10-16)14-19(23-25)17-11-8-12-18(13-17)28-3/h5-13,20H,4,14-15H2,1-3H3. The van der Waals surface area contributed by atoms with Crippen LogP contribution in [0.5, 0.6) is 5.75 Å². The Hall–Kier alpha value is -3.15. The lowest BCUT2D eigenvalue weighted by atomic mass is 9.98. The molecule has 0 N–H and O–H groups in total. The van der Waals surface area contributed by atoms with Gasteiger partial charge in [-0.2, -0.15) is 5.10 Å². The average Bonchev–Trinajstić information content (AvgIpc) is 3.19. The Bertz CT molecular complexity index is 880. The van der Waals surface area contributed by atoms with Crippen LogP contribution in [0.15, 0.2) is 59.7 Å². The Labute approximate surface area is 165 Å². The number of carbonyl (C=O) groups excluding carboxylic acids is 2. The third kappa shape index (κ3) is 4.22. The van der Waals surface area contributed by atoms with Crippen molar-refractivity contribution in [2.75, 3.05) is 20.7 Å². The van der Waals surface area contributed by atoms with Gasteiger partial charge < -0.3 is 9.64 Å². The van der Waals surface area contributed by atoms with Gasteiger partial charge in [0.15, 0.2) is 0 Å². The van der Waals surface area contributed by atoms with E-state index in [9.17, 15) is 9.59 Å². The summed E-state index contributed by atoms with van der Waals surface area (Å²) in [5, 5.41) is 6.15. The van der Waals surface area contributed by atoms with Gasteiger partial charge in [0.25, 0.3) is 5.91 Å². The maximum absolute atomic E-state index is 13.0. The molecular formula is C22H25N3O3. The monoisotopic (exact) mass is 379 g/mol. The summed E-state index contributed by atoms with van der Waals surface area (Å²) >= 11 is 0. The van der Waals surface area contributed by atoms with Gasteiger partial charge in [0.1, 0.15) is 12.3 Å². The largest absolute Gasteiger partial charge is 0.497 e. The lowest BCUT2D eigenvalue weighted by molar-refractivity contribution is -0.140. The fourth-order valence-corrected chi connectivity index (χ4v) is 3.29. The van der Waals surface area contributed by atoms with Gasteiger partial charge in [-0.05, 0) is 17.7 Å². The molecule has 0 fully saturated rings. The summed E-state index contributed by atoms with van der Waals surface area (Å²) in [6, 6.07) is 17.3. The van der Waals surface area contributed by atoms with Crippen LogP contribution >= 0.6 is 0 Å². The highest BCUT2D eigenvalue weighted by molar-refractivity contribution is 6.03. The second kappa shape index (κ2) is 8.69. The van der Waals surface area contributed by atoms with E-state index in [-0.39, 0.29) is 24.4 Å². The van der Waals surface area contributed by atoms with Crippen LogP contribution in [-0.2, 0) is 9.59 Å². The second-order valence-corrected chi connectivity index (χ2v) is 6.75. The normalized spacial score (nSPS) is 15.9. The molecule has 1 aliphatic rings. The summed E-state index contributed by atoms with van der Waals surface area (Å²) in [5.41, 5.74) is 2.76. The van der Waals surface area contributed by atoms with Crippen LogP contribution in [-0.4, -0.2) is 48.1 Å². The predicted molar refractivity (Wildman–Crippen MR) is 108 cm³/mol. The van der Waals surface area contributed by atoms with Gasteiger partial charge in [-0.15, -0.1) is 0 Å². The molecule has 6 nitrogen and oxygen atoms in total. The fourth-order valence-electron chi connectivity index (χ4n) is 3.29. The molecule has 0 aliphatic carbocycles. The van der Waals surface area contributed by atoms with Crippen molar-refractivity contribution in [2.45, 2.75) is 25.8 Å². The molecule has 1 heterocycles. The van der Waals surface area contributed by atoms with Gasteiger partial charge in [-0.25, -0.2) is 5.01 Å². The number of likely N-dealkylation sites (N-methyl/N-ethyl adjacent to an activating group) is 1. The molecule has 2 aromatic carbocycles. The van der Waals surface area contributed by atoms with Crippen LogP contribution in [0.2, 0.25) is 0 Å². The predicted octanol–water partition coefficient (Wildman–Crippen LogP) is 3.24. The average molecular weight is 379 g/mol. The molecule has 1 atom stereocenters. The SMILES string of the molecule is CCC(=O)N(C)CC(=O)N1N=C(c2cccc(OC)c2)CC1c1ccccc1. The van der Waals surface area contributed by atoms with E-state index < -0.39 is 0 Å². The third-order valence-electron chi connectivity index (χ3n) is 4.85. The van der Waals surface area contributed by atoms with E-state index in [0.717, 1.165) is 22.6 Å². The van der Waals surface area contributed by atoms with E-state index in [4.69, 9.17) is 4.74 Å². The fraction of sp³-hybridized carbons (Fsp3) is 0.318. The summed E-state index contributed by atoms with van der Waals surface area (Å²) in [6.07, 6.45) is 0.971. The molecule has 2 aromatic rings. The number of hydrazone groups is 1. The van der Waals surface area contributed by atoms with Gasteiger partial charge in [0.05, 0.1) is 18.9 Å². The van der Waals surface area contributed by atoms with Crippen molar-refractivity contribution in [1.82, 2.24) is 9.91 Å². The van der Waals surface area contributed by atoms with E-state index in [1.54, 1.807) is 21.1 Å². The van der Waals surface area contributed by atoms with Crippen molar-refractivity contribution in [3.8, 4) is 5.75 Å². The number of hydrogen-bond donors (Lipinski definition) is 0. The van der Waals surface area contributed by atoms with Crippen LogP contribution < -0.4 is 4.74 Å². The van der Waals surface area contributed by atoms with Crippen LogP contribution in [0, 0.1) is 0 Å². The van der Waals surface area contributed by atoms with Gasteiger partial charge >= 0.3 is 0 Å². The topological polar surface area (TPSA) is 62.2 Å². The number of nitrogens with zero attached hydrogens (tertiary/aromatic N) is 3. The van der Waals surface area contributed by atoms with E-state index in [1.807, 2.05) is 54.6 Å². The van der Waals surface area contributed by atoms with Crippen molar-refractivity contribution in [3.05, 3.63) is 65.7 Å². The molecule has 0 radical (unpaired) electrons. The van der Waals surface area contributed by atoms with Gasteiger partial charge in [-0.1, -0.05) is 49.4 Å². The number of rotatable bonds is 6. The minimum Gasteiger partial charge on any atom is -0.497 e. The lowest BCUT2D eigenvalue weighted by Crippen LogP contribution is -2.38. The summed E-state index contributed by atoms with van der Waals surface area (Å²) < 4.78 is 5.31. The van der Waals surface area contributed by atoms with Crippen molar-refractivity contribution < 1.29 is 14.3 Å². The number of hydrogen-bond acceptors (Lipinski definition) is 4. The minimum atomic E-state index is -0.198. The first-order valence-electron chi connectivity index (χ1n) is 9.36. The van der Waals surface area contributed by atoms with Gasteiger partial charge in [0.2, 0.25) is 5.91 Å². The Morgan fingerprint density at radius 1 is 1.18 bits per heavy atom. The van der Waals surface area contributed by atoms with Crippen LogP contribution in [0.1, 0.15) is 36.9 Å². The van der Waals surface area contributed by atoms with E-state index in [1.165, 1.54) is 9.91 Å². The highest BCUT2D eigenvalue weighted by Crippen LogP contribution is 2.33. The Balaban J connectivity index is 1.90. The Kier molecular flexibility index (Phi) is 6.09. The van der Waals surface area contributed by atoms with Crippen LogP contribution in [0.25, 0.3) is 0 Å². The zero-order chi connectivity index (χ0) is 20.1. The van der Waals surface area contributed by atoms with Crippen molar-refractivity contribution >= 4 is 17.5 Å². The molecule has 0 saturated carbocycles. The number of carbonyl (C=O) groups is 2. The first-order chi connectivity index (χ1) is 13.5. The van der Waals surface area contributed by atoms with Crippen molar-refractivity contribution in [1.29, 1.82) is 0 Å². The molecule has 1 unspecified atom stereocenters. The van der Waals surface area contributed by atoms with Gasteiger partial charge in [-0.3, -0.25) is 9.59 Å². The van der Waals surface area contributed by atoms with E-state index >= 15 is 0 Å². The number of methoxy groups -OCH3 is 1. The summed E-state index contributed by atoms with van der Waals surface area (Å²) in [4.78, 5) is 26.3. The maximum atomic E-state index is 13.0. The van der Waals surface area contributed by atoms with E-state index in [0.29, 0.717) is 12.8 Å². The number of amides is 2. The Morgan fingerprint density at radius 3 is 2.61 bits per heavy atom. The van der Waals surface area contributed by atoms with Crippen molar-refractivity contribution in [2.24, 2.45) is 5.10 Å². The second-order valence-electron chi connectivity index (χ2n) is 6.75. The zero-order valence-corrected chi connectivity index (χ0v) is 16.5. The minimum absolute atomic E-state index is 0.00486. The molecule has 0 aromatic heterocycles. The van der Waals surface area contributed by atoms with Crippen LogP contribution in [0.4, 0.5) is 0 Å². The molecular weight excluding hydrogens is 354 g/mol. The quantitative estimate of drug-likeness (QED) is 0.774. The number of ether oxygens (including phenoxy) is 1. The molecule has 3 rings (SSSR count). The first-order valence-corrected chi connectivity index (χ1v) is 9.36.